The lowest BCUT2D eigenvalue weighted by molar-refractivity contribution is 0.0602. The average Bonchev–Trinajstić information content (AvgIpc) is 3.04. The van der Waals surface area contributed by atoms with E-state index < -0.39 is 5.97 Å². The molecule has 4 aromatic rings. The fourth-order valence-electron chi connectivity index (χ4n) is 3.47. The van der Waals surface area contributed by atoms with Crippen molar-refractivity contribution in [3.05, 3.63) is 59.2 Å². The predicted molar refractivity (Wildman–Crippen MR) is 110 cm³/mol. The van der Waals surface area contributed by atoms with Gasteiger partial charge in [0.2, 0.25) is 0 Å². The van der Waals surface area contributed by atoms with E-state index in [-0.39, 0.29) is 5.75 Å². The molecule has 0 atom stereocenters. The first-order valence-electron chi connectivity index (χ1n) is 8.77. The number of hydrogen-bond donors (Lipinski definition) is 1. The third-order valence-corrected chi connectivity index (χ3v) is 6.18. The van der Waals surface area contributed by atoms with Crippen molar-refractivity contribution in [3.8, 4) is 16.3 Å². The maximum Gasteiger partial charge on any atom is 0.338 e. The number of aromatic nitrogens is 1. The second-order valence-corrected chi connectivity index (χ2v) is 7.47. The summed E-state index contributed by atoms with van der Waals surface area (Å²) in [5.74, 6) is -0.444. The molecule has 0 saturated carbocycles. The van der Waals surface area contributed by atoms with Gasteiger partial charge in [-0.3, -0.25) is 0 Å². The fourth-order valence-corrected chi connectivity index (χ4v) is 4.64. The molecular formula is C22H19NO3S. The van der Waals surface area contributed by atoms with Crippen molar-refractivity contribution in [1.82, 2.24) is 4.98 Å². The lowest BCUT2D eigenvalue weighted by Gasteiger charge is -2.12. The summed E-state index contributed by atoms with van der Waals surface area (Å²) >= 11 is 1.65. The molecule has 0 fully saturated rings. The van der Waals surface area contributed by atoms with Crippen molar-refractivity contribution in [2.75, 3.05) is 7.11 Å². The Morgan fingerprint density at radius 2 is 2.00 bits per heavy atom. The molecule has 0 aliphatic carbocycles. The third kappa shape index (κ3) is 2.75. The van der Waals surface area contributed by atoms with Gasteiger partial charge in [0.1, 0.15) is 5.75 Å². The Hall–Kier alpha value is -2.92. The number of benzene rings is 2. The number of thiophene rings is 1. The van der Waals surface area contributed by atoms with Gasteiger partial charge in [-0.05, 0) is 48.1 Å². The van der Waals surface area contributed by atoms with E-state index in [4.69, 9.17) is 9.72 Å². The van der Waals surface area contributed by atoms with Crippen LogP contribution in [0.4, 0.5) is 0 Å². The first-order chi connectivity index (χ1) is 13.0. The maximum atomic E-state index is 12.5. The normalized spacial score (nSPS) is 11.2. The second kappa shape index (κ2) is 6.67. The SMILES string of the molecule is CCc1ccc(O)c2c(C(=O)OC)cc(-c3sc4ccccc4c3C)nc12. The summed E-state index contributed by atoms with van der Waals surface area (Å²) in [6, 6.07) is 13.4. The molecule has 0 aliphatic heterocycles. The van der Waals surface area contributed by atoms with Crippen molar-refractivity contribution in [2.45, 2.75) is 20.3 Å². The highest BCUT2D eigenvalue weighted by molar-refractivity contribution is 7.22. The van der Waals surface area contributed by atoms with Crippen LogP contribution >= 0.6 is 11.3 Å². The smallest absolute Gasteiger partial charge is 0.338 e. The molecule has 2 aromatic heterocycles. The largest absolute Gasteiger partial charge is 0.507 e. The van der Waals surface area contributed by atoms with Gasteiger partial charge in [-0.1, -0.05) is 31.2 Å². The zero-order valence-electron chi connectivity index (χ0n) is 15.4. The summed E-state index contributed by atoms with van der Waals surface area (Å²) < 4.78 is 6.16. The summed E-state index contributed by atoms with van der Waals surface area (Å²) in [6.07, 6.45) is 0.749. The molecule has 0 saturated heterocycles. The summed E-state index contributed by atoms with van der Waals surface area (Å²) in [5.41, 5.74) is 3.82. The molecule has 4 rings (SSSR count). The first kappa shape index (κ1) is 17.5. The minimum atomic E-state index is -0.481. The van der Waals surface area contributed by atoms with Crippen LogP contribution < -0.4 is 0 Å². The number of hydrogen-bond acceptors (Lipinski definition) is 5. The standard InChI is InChI=1S/C22H19NO3S/c1-4-13-9-10-17(24)19-15(22(25)26-3)11-16(23-20(13)19)21-12(2)14-7-5-6-8-18(14)27-21/h5-11,24H,4H2,1-3H3. The van der Waals surface area contributed by atoms with Crippen LogP contribution in [0.25, 0.3) is 31.6 Å². The molecule has 2 heterocycles. The van der Waals surface area contributed by atoms with Gasteiger partial charge >= 0.3 is 5.97 Å². The van der Waals surface area contributed by atoms with Gasteiger partial charge in [-0.15, -0.1) is 11.3 Å². The zero-order valence-corrected chi connectivity index (χ0v) is 16.2. The van der Waals surface area contributed by atoms with Gasteiger partial charge < -0.3 is 9.84 Å². The number of ether oxygens (including phenoxy) is 1. The molecule has 0 unspecified atom stereocenters. The van der Waals surface area contributed by atoms with Crippen molar-refractivity contribution < 1.29 is 14.6 Å². The molecule has 0 spiro atoms. The number of methoxy groups -OCH3 is 1. The number of rotatable bonds is 3. The van der Waals surface area contributed by atoms with Crippen molar-refractivity contribution >= 4 is 38.3 Å². The van der Waals surface area contributed by atoms with E-state index in [1.165, 1.54) is 17.2 Å². The monoisotopic (exact) mass is 377 g/mol. The Balaban J connectivity index is 2.09. The van der Waals surface area contributed by atoms with Crippen LogP contribution in [0, 0.1) is 6.92 Å². The van der Waals surface area contributed by atoms with Gasteiger partial charge in [-0.2, -0.15) is 0 Å². The number of carbonyl (C=O) groups is 1. The minimum absolute atomic E-state index is 0.0368. The van der Waals surface area contributed by atoms with Gasteiger partial charge in [0, 0.05) is 4.70 Å². The number of aromatic hydroxyl groups is 1. The van der Waals surface area contributed by atoms with Crippen LogP contribution in [-0.4, -0.2) is 23.2 Å². The minimum Gasteiger partial charge on any atom is -0.507 e. The number of aryl methyl sites for hydroxylation is 2. The zero-order chi connectivity index (χ0) is 19.1. The van der Waals surface area contributed by atoms with E-state index in [1.807, 2.05) is 25.1 Å². The molecule has 136 valence electrons. The Morgan fingerprint density at radius 3 is 2.70 bits per heavy atom. The summed E-state index contributed by atoms with van der Waals surface area (Å²) in [4.78, 5) is 18.3. The van der Waals surface area contributed by atoms with Gasteiger partial charge in [0.25, 0.3) is 0 Å². The average molecular weight is 377 g/mol. The van der Waals surface area contributed by atoms with E-state index in [9.17, 15) is 9.90 Å². The van der Waals surface area contributed by atoms with E-state index in [0.29, 0.717) is 16.5 Å². The van der Waals surface area contributed by atoms with Crippen molar-refractivity contribution in [2.24, 2.45) is 0 Å². The van der Waals surface area contributed by atoms with Crippen LogP contribution in [0.15, 0.2) is 42.5 Å². The molecule has 1 N–H and O–H groups in total. The quantitative estimate of drug-likeness (QED) is 0.480. The third-order valence-electron chi connectivity index (χ3n) is 4.88. The molecule has 5 heteroatoms. The van der Waals surface area contributed by atoms with Crippen LogP contribution in [0.1, 0.15) is 28.4 Å². The number of carbonyl (C=O) groups excluding carboxylic acids is 1. The van der Waals surface area contributed by atoms with E-state index in [0.717, 1.165) is 28.1 Å². The summed E-state index contributed by atoms with van der Waals surface area (Å²) in [7, 11) is 1.35. The number of nitrogens with zero attached hydrogens (tertiary/aromatic N) is 1. The second-order valence-electron chi connectivity index (χ2n) is 6.42. The van der Waals surface area contributed by atoms with E-state index in [2.05, 4.69) is 19.1 Å². The van der Waals surface area contributed by atoms with Crippen LogP contribution in [0.3, 0.4) is 0 Å². The van der Waals surface area contributed by atoms with E-state index in [1.54, 1.807) is 23.5 Å². The lowest BCUT2D eigenvalue weighted by atomic mass is 10.0. The molecule has 0 aliphatic rings. The van der Waals surface area contributed by atoms with E-state index >= 15 is 0 Å². The molecule has 2 aromatic carbocycles. The Labute approximate surface area is 161 Å². The lowest BCUT2D eigenvalue weighted by Crippen LogP contribution is -2.05. The first-order valence-corrected chi connectivity index (χ1v) is 9.59. The number of fused-ring (bicyclic) bond motifs is 2. The molecule has 4 nitrogen and oxygen atoms in total. The molecule has 0 radical (unpaired) electrons. The highest BCUT2D eigenvalue weighted by Gasteiger charge is 2.21. The highest BCUT2D eigenvalue weighted by Crippen LogP contribution is 2.40. The summed E-state index contributed by atoms with van der Waals surface area (Å²) in [5, 5.41) is 12.0. The number of pyridine rings is 1. The Kier molecular flexibility index (Phi) is 4.32. The number of esters is 1. The van der Waals surface area contributed by atoms with Crippen LogP contribution in [0.2, 0.25) is 0 Å². The maximum absolute atomic E-state index is 12.5. The number of phenolic OH excluding ortho intramolecular Hbond substituents is 1. The molecule has 0 bridgehead atoms. The molecule has 27 heavy (non-hydrogen) atoms. The van der Waals surface area contributed by atoms with Gasteiger partial charge in [0.15, 0.2) is 0 Å². The van der Waals surface area contributed by atoms with Crippen molar-refractivity contribution in [3.63, 3.8) is 0 Å². The van der Waals surface area contributed by atoms with Crippen LogP contribution in [0.5, 0.6) is 5.75 Å². The summed E-state index contributed by atoms with van der Waals surface area (Å²) in [6.45, 7) is 4.10. The van der Waals surface area contributed by atoms with Crippen molar-refractivity contribution in [1.29, 1.82) is 0 Å². The predicted octanol–water partition coefficient (Wildman–Crippen LogP) is 5.48. The Morgan fingerprint density at radius 1 is 1.22 bits per heavy atom. The molecular weight excluding hydrogens is 358 g/mol. The molecule has 0 amide bonds. The van der Waals surface area contributed by atoms with Crippen LogP contribution in [-0.2, 0) is 11.2 Å². The van der Waals surface area contributed by atoms with Gasteiger partial charge in [-0.25, -0.2) is 9.78 Å². The topological polar surface area (TPSA) is 59.4 Å². The number of phenols is 1. The van der Waals surface area contributed by atoms with Gasteiger partial charge in [0.05, 0.1) is 34.1 Å². The Bertz CT molecular complexity index is 1190. The highest BCUT2D eigenvalue weighted by atomic mass is 32.1. The fraction of sp³-hybridized carbons (Fsp3) is 0.182.